The summed E-state index contributed by atoms with van der Waals surface area (Å²) < 4.78 is 5.45. The summed E-state index contributed by atoms with van der Waals surface area (Å²) in [5.41, 5.74) is 2.33. The van der Waals surface area contributed by atoms with Crippen molar-refractivity contribution in [1.29, 1.82) is 0 Å². The molecule has 0 amide bonds. The number of likely N-dealkylation sites (tertiary alicyclic amines) is 1. The number of carboxylic acid groups (broad SMARTS) is 1. The second-order valence-electron chi connectivity index (χ2n) is 5.45. The molecule has 1 saturated heterocycles. The van der Waals surface area contributed by atoms with Gasteiger partial charge in [-0.25, -0.2) is 0 Å². The summed E-state index contributed by atoms with van der Waals surface area (Å²) in [4.78, 5) is 12.9. The van der Waals surface area contributed by atoms with Gasteiger partial charge in [-0.2, -0.15) is 0 Å². The summed E-state index contributed by atoms with van der Waals surface area (Å²) in [6.45, 7) is 4.43. The van der Waals surface area contributed by atoms with Crippen LogP contribution in [0.3, 0.4) is 0 Å². The van der Waals surface area contributed by atoms with E-state index < -0.39 is 5.97 Å². The molecule has 1 heterocycles. The van der Waals surface area contributed by atoms with Gasteiger partial charge in [0.05, 0.1) is 13.5 Å². The fourth-order valence-electron chi connectivity index (χ4n) is 2.65. The Morgan fingerprint density at radius 2 is 2.14 bits per heavy atom. The number of benzene rings is 1. The second kappa shape index (κ2) is 8.00. The number of hydrogen-bond acceptors (Lipinski definition) is 4. The van der Waals surface area contributed by atoms with Gasteiger partial charge in [0.1, 0.15) is 5.75 Å². The number of ether oxygens (including phenoxy) is 1. The number of nitrogens with zero attached hydrogens (tertiary/aromatic N) is 1. The van der Waals surface area contributed by atoms with Gasteiger partial charge in [-0.15, -0.1) is 0 Å². The van der Waals surface area contributed by atoms with Crippen LogP contribution in [0, 0.1) is 0 Å². The van der Waals surface area contributed by atoms with Gasteiger partial charge in [0.25, 0.3) is 0 Å². The Bertz CT molecular complexity index is 471. The predicted octanol–water partition coefficient (Wildman–Crippen LogP) is 1.86. The molecule has 21 heavy (non-hydrogen) atoms. The number of methoxy groups -OCH3 is 1. The van der Waals surface area contributed by atoms with E-state index in [-0.39, 0.29) is 6.42 Å². The minimum Gasteiger partial charge on any atom is -0.496 e. The van der Waals surface area contributed by atoms with E-state index in [1.807, 2.05) is 0 Å². The molecule has 0 unspecified atom stereocenters. The van der Waals surface area contributed by atoms with Crippen molar-refractivity contribution in [2.75, 3.05) is 26.7 Å². The fourth-order valence-corrected chi connectivity index (χ4v) is 2.65. The molecule has 0 spiro atoms. The van der Waals surface area contributed by atoms with E-state index in [4.69, 9.17) is 9.84 Å². The van der Waals surface area contributed by atoms with Crippen molar-refractivity contribution in [2.45, 2.75) is 32.4 Å². The van der Waals surface area contributed by atoms with Crippen molar-refractivity contribution in [3.8, 4) is 5.75 Å². The van der Waals surface area contributed by atoms with Crippen LogP contribution in [-0.2, 0) is 17.9 Å². The minimum absolute atomic E-state index is 0.134. The maximum Gasteiger partial charge on any atom is 0.304 e. The van der Waals surface area contributed by atoms with Gasteiger partial charge < -0.3 is 15.2 Å². The highest BCUT2D eigenvalue weighted by molar-refractivity contribution is 5.66. The number of rotatable bonds is 8. The van der Waals surface area contributed by atoms with Crippen molar-refractivity contribution >= 4 is 5.97 Å². The Balaban J connectivity index is 1.90. The van der Waals surface area contributed by atoms with E-state index in [9.17, 15) is 4.79 Å². The van der Waals surface area contributed by atoms with Crippen molar-refractivity contribution < 1.29 is 14.6 Å². The van der Waals surface area contributed by atoms with Gasteiger partial charge in [-0.05, 0) is 37.6 Å². The highest BCUT2D eigenvalue weighted by Crippen LogP contribution is 2.22. The van der Waals surface area contributed by atoms with E-state index in [1.165, 1.54) is 31.5 Å². The number of nitrogens with one attached hydrogen (secondary N) is 1. The zero-order chi connectivity index (χ0) is 15.1. The van der Waals surface area contributed by atoms with Crippen molar-refractivity contribution in [3.63, 3.8) is 0 Å². The summed E-state index contributed by atoms with van der Waals surface area (Å²) in [6, 6.07) is 6.29. The first-order chi connectivity index (χ1) is 10.2. The molecular weight excluding hydrogens is 268 g/mol. The molecule has 2 rings (SSSR count). The minimum atomic E-state index is -0.782. The predicted molar refractivity (Wildman–Crippen MR) is 81.5 cm³/mol. The Labute approximate surface area is 125 Å². The Hall–Kier alpha value is -1.59. The molecule has 1 aliphatic rings. The van der Waals surface area contributed by atoms with Gasteiger partial charge in [-0.3, -0.25) is 9.69 Å². The average Bonchev–Trinajstić information content (AvgIpc) is 2.97. The second-order valence-corrected chi connectivity index (χ2v) is 5.45. The molecule has 0 bridgehead atoms. The van der Waals surface area contributed by atoms with Crippen LogP contribution < -0.4 is 10.1 Å². The molecule has 5 heteroatoms. The molecule has 1 aliphatic heterocycles. The van der Waals surface area contributed by atoms with E-state index in [2.05, 4.69) is 28.4 Å². The van der Waals surface area contributed by atoms with E-state index in [0.717, 1.165) is 17.9 Å². The van der Waals surface area contributed by atoms with Crippen LogP contribution in [0.25, 0.3) is 0 Å². The summed E-state index contributed by atoms with van der Waals surface area (Å²) >= 11 is 0. The maximum atomic E-state index is 10.5. The third-order valence-corrected chi connectivity index (χ3v) is 3.79. The van der Waals surface area contributed by atoms with Crippen LogP contribution >= 0.6 is 0 Å². The molecule has 116 valence electrons. The third kappa shape index (κ3) is 5.02. The lowest BCUT2D eigenvalue weighted by molar-refractivity contribution is -0.136. The molecule has 0 aromatic heterocycles. The van der Waals surface area contributed by atoms with Crippen molar-refractivity contribution in [3.05, 3.63) is 29.3 Å². The first-order valence-corrected chi connectivity index (χ1v) is 7.49. The lowest BCUT2D eigenvalue weighted by Gasteiger charge is -2.16. The van der Waals surface area contributed by atoms with Crippen LogP contribution in [-0.4, -0.2) is 42.7 Å². The summed E-state index contributed by atoms with van der Waals surface area (Å²) in [7, 11) is 1.68. The molecule has 0 aliphatic carbocycles. The van der Waals surface area contributed by atoms with Crippen LogP contribution in [0.15, 0.2) is 18.2 Å². The molecule has 0 saturated carbocycles. The first kappa shape index (κ1) is 15.8. The molecule has 1 aromatic rings. The largest absolute Gasteiger partial charge is 0.496 e. The maximum absolute atomic E-state index is 10.5. The zero-order valence-electron chi connectivity index (χ0n) is 12.6. The molecule has 5 nitrogen and oxygen atoms in total. The van der Waals surface area contributed by atoms with Crippen LogP contribution in [0.5, 0.6) is 5.75 Å². The van der Waals surface area contributed by atoms with Gasteiger partial charge in [0.2, 0.25) is 0 Å². The third-order valence-electron chi connectivity index (χ3n) is 3.79. The number of aliphatic carboxylic acids is 1. The molecule has 1 aromatic carbocycles. The van der Waals surface area contributed by atoms with Gasteiger partial charge in [-0.1, -0.05) is 12.1 Å². The number of carboxylic acids is 1. The highest BCUT2D eigenvalue weighted by Gasteiger charge is 2.13. The Morgan fingerprint density at radius 3 is 2.81 bits per heavy atom. The zero-order valence-corrected chi connectivity index (χ0v) is 12.6. The molecule has 2 N–H and O–H groups in total. The van der Waals surface area contributed by atoms with E-state index in [1.54, 1.807) is 7.11 Å². The lowest BCUT2D eigenvalue weighted by atomic mass is 10.1. The van der Waals surface area contributed by atoms with E-state index in [0.29, 0.717) is 13.1 Å². The smallest absolute Gasteiger partial charge is 0.304 e. The summed E-state index contributed by atoms with van der Waals surface area (Å²) in [5.74, 6) is 0.0879. The monoisotopic (exact) mass is 292 g/mol. The number of hydrogen-bond donors (Lipinski definition) is 2. The topological polar surface area (TPSA) is 61.8 Å². The molecular formula is C16H24N2O3. The van der Waals surface area contributed by atoms with Crippen molar-refractivity contribution in [1.82, 2.24) is 10.2 Å². The summed E-state index contributed by atoms with van der Waals surface area (Å²) in [6.07, 6.45) is 2.72. The van der Waals surface area contributed by atoms with Crippen LogP contribution in [0.2, 0.25) is 0 Å². The SMILES string of the molecule is COc1cc(CN2CCCC2)ccc1CNCCC(=O)O. The Kier molecular flexibility index (Phi) is 6.02. The molecule has 0 atom stereocenters. The average molecular weight is 292 g/mol. The fraction of sp³-hybridized carbons (Fsp3) is 0.562. The Morgan fingerprint density at radius 1 is 1.38 bits per heavy atom. The normalized spacial score (nSPS) is 15.3. The van der Waals surface area contributed by atoms with Gasteiger partial charge >= 0.3 is 5.97 Å². The number of carbonyl (C=O) groups is 1. The molecule has 0 radical (unpaired) electrons. The van der Waals surface area contributed by atoms with E-state index >= 15 is 0 Å². The van der Waals surface area contributed by atoms with Crippen molar-refractivity contribution in [2.24, 2.45) is 0 Å². The summed E-state index contributed by atoms with van der Waals surface area (Å²) in [5, 5.41) is 11.7. The lowest BCUT2D eigenvalue weighted by Crippen LogP contribution is -2.19. The highest BCUT2D eigenvalue weighted by atomic mass is 16.5. The quantitative estimate of drug-likeness (QED) is 0.716. The van der Waals surface area contributed by atoms with Crippen LogP contribution in [0.4, 0.5) is 0 Å². The first-order valence-electron chi connectivity index (χ1n) is 7.49. The molecule has 1 fully saturated rings. The van der Waals surface area contributed by atoms with Gasteiger partial charge in [0, 0.05) is 25.2 Å². The standard InChI is InChI=1S/C16H24N2O3/c1-21-15-10-13(12-18-8-2-3-9-18)4-5-14(15)11-17-7-6-16(19)20/h4-5,10,17H,2-3,6-9,11-12H2,1H3,(H,19,20). The van der Waals surface area contributed by atoms with Crippen LogP contribution in [0.1, 0.15) is 30.4 Å². The van der Waals surface area contributed by atoms with Gasteiger partial charge in [0.15, 0.2) is 0 Å².